The zero-order valence-electron chi connectivity index (χ0n) is 6.29. The van der Waals surface area contributed by atoms with Crippen molar-refractivity contribution in [3.63, 3.8) is 0 Å². The summed E-state index contributed by atoms with van der Waals surface area (Å²) in [5.41, 5.74) is 0.443. The smallest absolute Gasteiger partial charge is 0.331 e. The van der Waals surface area contributed by atoms with Gasteiger partial charge in [0.15, 0.2) is 0 Å². The normalized spacial score (nSPS) is 12.4. The third-order valence-corrected chi connectivity index (χ3v) is 1.15. The molecule has 0 amide bonds. The second-order valence-corrected chi connectivity index (χ2v) is 1.88. The minimum Gasteiger partial charge on any atom is -0.478 e. The molecule has 0 aromatic carbocycles. The summed E-state index contributed by atoms with van der Waals surface area (Å²) in [5, 5.41) is 8.50. The molecule has 1 N–H and O–H groups in total. The van der Waals surface area contributed by atoms with Crippen molar-refractivity contribution in [3.05, 3.63) is 23.8 Å². The largest absolute Gasteiger partial charge is 0.478 e. The van der Waals surface area contributed by atoms with Crippen LogP contribution >= 0.6 is 0 Å². The predicted molar refractivity (Wildman–Crippen MR) is 40.8 cm³/mol. The molecule has 0 aromatic rings. The summed E-state index contributed by atoms with van der Waals surface area (Å²) in [6.45, 7) is 3.68. The van der Waals surface area contributed by atoms with E-state index in [1.54, 1.807) is 18.2 Å². The Morgan fingerprint density at radius 3 is 2.50 bits per heavy atom. The first-order chi connectivity index (χ1) is 4.72. The summed E-state index contributed by atoms with van der Waals surface area (Å²) in [6.07, 6.45) is 5.72. The average Bonchev–Trinajstić information content (AvgIpc) is 1.89. The molecule has 10 heavy (non-hydrogen) atoms. The average molecular weight is 140 g/mol. The van der Waals surface area contributed by atoms with Crippen LogP contribution in [0.4, 0.5) is 0 Å². The van der Waals surface area contributed by atoms with Crippen molar-refractivity contribution >= 4 is 5.97 Å². The zero-order valence-corrected chi connectivity index (χ0v) is 6.29. The van der Waals surface area contributed by atoms with Crippen LogP contribution in [0.15, 0.2) is 23.8 Å². The summed E-state index contributed by atoms with van der Waals surface area (Å²) in [6, 6.07) is 0. The van der Waals surface area contributed by atoms with Crippen molar-refractivity contribution in [2.75, 3.05) is 0 Å². The molecule has 0 spiro atoms. The lowest BCUT2D eigenvalue weighted by atomic mass is 10.2. The molecular formula is C8H12O2. The van der Waals surface area contributed by atoms with Crippen LogP contribution in [0.25, 0.3) is 0 Å². The number of allylic oxidation sites excluding steroid dienone is 3. The fraction of sp³-hybridized carbons (Fsp3) is 0.375. The lowest BCUT2D eigenvalue weighted by Gasteiger charge is -1.92. The lowest BCUT2D eigenvalue weighted by Crippen LogP contribution is -1.97. The summed E-state index contributed by atoms with van der Waals surface area (Å²) >= 11 is 0. The van der Waals surface area contributed by atoms with Gasteiger partial charge in [-0.3, -0.25) is 0 Å². The van der Waals surface area contributed by atoms with E-state index in [0.29, 0.717) is 12.0 Å². The van der Waals surface area contributed by atoms with Gasteiger partial charge in [0.1, 0.15) is 0 Å². The maximum absolute atomic E-state index is 10.3. The van der Waals surface area contributed by atoms with Crippen LogP contribution < -0.4 is 0 Å². The number of carboxylic acid groups (broad SMARTS) is 1. The van der Waals surface area contributed by atoms with Crippen molar-refractivity contribution in [3.8, 4) is 0 Å². The molecular weight excluding hydrogens is 128 g/mol. The van der Waals surface area contributed by atoms with Crippen LogP contribution in [0.1, 0.15) is 20.3 Å². The van der Waals surface area contributed by atoms with Gasteiger partial charge in [-0.05, 0) is 13.3 Å². The van der Waals surface area contributed by atoms with Gasteiger partial charge in [-0.1, -0.05) is 25.2 Å². The summed E-state index contributed by atoms with van der Waals surface area (Å²) in [4.78, 5) is 10.3. The number of carbonyl (C=O) groups is 1. The van der Waals surface area contributed by atoms with Crippen molar-refractivity contribution in [2.45, 2.75) is 20.3 Å². The number of aliphatic carboxylic acids is 1. The second-order valence-electron chi connectivity index (χ2n) is 1.88. The monoisotopic (exact) mass is 140 g/mol. The molecule has 56 valence electrons. The van der Waals surface area contributed by atoms with E-state index in [-0.39, 0.29) is 0 Å². The molecule has 0 aliphatic heterocycles. The molecule has 0 saturated heterocycles. The molecule has 0 heterocycles. The van der Waals surface area contributed by atoms with Gasteiger partial charge in [-0.2, -0.15) is 0 Å². The number of carboxylic acids is 1. The van der Waals surface area contributed by atoms with Crippen LogP contribution in [0.3, 0.4) is 0 Å². The molecule has 0 aromatic heterocycles. The van der Waals surface area contributed by atoms with Gasteiger partial charge in [-0.25, -0.2) is 4.79 Å². The first kappa shape index (κ1) is 8.95. The standard InChI is InChI=1S/C8H12O2/c1-3-5-6-7(4-2)8(9)10/h3,5-6H,4H2,1-2H3,(H,9,10)/b5-3+,7-6+. The van der Waals surface area contributed by atoms with E-state index in [1.807, 2.05) is 13.8 Å². The number of rotatable bonds is 3. The number of hydrogen-bond donors (Lipinski definition) is 1. The fourth-order valence-electron chi connectivity index (χ4n) is 0.553. The topological polar surface area (TPSA) is 37.3 Å². The van der Waals surface area contributed by atoms with Gasteiger partial charge < -0.3 is 5.11 Å². The van der Waals surface area contributed by atoms with Crippen LogP contribution in [-0.2, 0) is 4.79 Å². The van der Waals surface area contributed by atoms with E-state index in [0.717, 1.165) is 0 Å². The quantitative estimate of drug-likeness (QED) is 0.480. The molecule has 2 nitrogen and oxygen atoms in total. The molecule has 0 unspecified atom stereocenters. The Labute approximate surface area is 60.9 Å². The lowest BCUT2D eigenvalue weighted by molar-refractivity contribution is -0.132. The minimum absolute atomic E-state index is 0.443. The van der Waals surface area contributed by atoms with Gasteiger partial charge in [0, 0.05) is 5.57 Å². The van der Waals surface area contributed by atoms with Gasteiger partial charge in [0.05, 0.1) is 0 Å². The van der Waals surface area contributed by atoms with E-state index in [2.05, 4.69) is 0 Å². The third kappa shape index (κ3) is 3.07. The van der Waals surface area contributed by atoms with Crippen LogP contribution in [0.2, 0.25) is 0 Å². The summed E-state index contributed by atoms with van der Waals surface area (Å²) < 4.78 is 0. The minimum atomic E-state index is -0.833. The molecule has 0 atom stereocenters. The van der Waals surface area contributed by atoms with Crippen molar-refractivity contribution in [1.29, 1.82) is 0 Å². The molecule has 0 rings (SSSR count). The molecule has 0 saturated carbocycles. The van der Waals surface area contributed by atoms with Gasteiger partial charge in [0.2, 0.25) is 0 Å². The number of hydrogen-bond acceptors (Lipinski definition) is 1. The Kier molecular flexibility index (Phi) is 4.29. The van der Waals surface area contributed by atoms with E-state index in [9.17, 15) is 4.79 Å². The highest BCUT2D eigenvalue weighted by molar-refractivity contribution is 5.86. The Morgan fingerprint density at radius 2 is 2.20 bits per heavy atom. The molecule has 0 aliphatic carbocycles. The van der Waals surface area contributed by atoms with Crippen LogP contribution in [-0.4, -0.2) is 11.1 Å². The first-order valence-corrected chi connectivity index (χ1v) is 3.27. The Bertz CT molecular complexity index is 166. The SMILES string of the molecule is C/C=C/C=C(\CC)C(=O)O. The zero-order chi connectivity index (χ0) is 7.98. The van der Waals surface area contributed by atoms with Crippen molar-refractivity contribution in [1.82, 2.24) is 0 Å². The Morgan fingerprint density at radius 1 is 1.60 bits per heavy atom. The maximum atomic E-state index is 10.3. The highest BCUT2D eigenvalue weighted by atomic mass is 16.4. The highest BCUT2D eigenvalue weighted by Gasteiger charge is 2.00. The van der Waals surface area contributed by atoms with Crippen LogP contribution in [0.5, 0.6) is 0 Å². The second kappa shape index (κ2) is 4.79. The van der Waals surface area contributed by atoms with E-state index in [1.165, 1.54) is 0 Å². The van der Waals surface area contributed by atoms with Gasteiger partial charge in [-0.15, -0.1) is 0 Å². The van der Waals surface area contributed by atoms with Crippen LogP contribution in [0, 0.1) is 0 Å². The first-order valence-electron chi connectivity index (χ1n) is 3.27. The molecule has 0 radical (unpaired) electrons. The van der Waals surface area contributed by atoms with Crippen molar-refractivity contribution < 1.29 is 9.90 Å². The van der Waals surface area contributed by atoms with E-state index < -0.39 is 5.97 Å². The molecule has 0 bridgehead atoms. The predicted octanol–water partition coefficient (Wildman–Crippen LogP) is 1.98. The third-order valence-electron chi connectivity index (χ3n) is 1.15. The maximum Gasteiger partial charge on any atom is 0.331 e. The summed E-state index contributed by atoms with van der Waals surface area (Å²) in [7, 11) is 0. The highest BCUT2D eigenvalue weighted by Crippen LogP contribution is 1.99. The van der Waals surface area contributed by atoms with Crippen molar-refractivity contribution in [2.24, 2.45) is 0 Å². The fourth-order valence-corrected chi connectivity index (χ4v) is 0.553. The Balaban J connectivity index is 4.18. The molecule has 2 heteroatoms. The van der Waals surface area contributed by atoms with E-state index in [4.69, 9.17) is 5.11 Å². The molecule has 0 aliphatic rings. The Hall–Kier alpha value is -1.05. The van der Waals surface area contributed by atoms with E-state index >= 15 is 0 Å². The van der Waals surface area contributed by atoms with Gasteiger partial charge >= 0.3 is 5.97 Å². The van der Waals surface area contributed by atoms with Gasteiger partial charge in [0.25, 0.3) is 0 Å². The summed E-state index contributed by atoms with van der Waals surface area (Å²) in [5.74, 6) is -0.833. The molecule has 0 fully saturated rings.